The van der Waals surface area contributed by atoms with Gasteiger partial charge in [0.2, 0.25) is 0 Å². The van der Waals surface area contributed by atoms with Crippen molar-refractivity contribution >= 4 is 42.7 Å². The third-order valence-electron chi connectivity index (χ3n) is 1.83. The molecule has 0 bridgehead atoms. The topological polar surface area (TPSA) is 37.3 Å². The summed E-state index contributed by atoms with van der Waals surface area (Å²) in [6, 6.07) is 7.39. The zero-order valence-corrected chi connectivity index (χ0v) is 10.9. The monoisotopic (exact) mass is 288 g/mol. The van der Waals surface area contributed by atoms with E-state index in [-0.39, 0.29) is 0 Å². The maximum absolute atomic E-state index is 10.6. The zero-order valence-electron chi connectivity index (χ0n) is 7.34. The van der Waals surface area contributed by atoms with Crippen molar-refractivity contribution in [1.82, 2.24) is 0 Å². The zero-order chi connectivity index (χ0) is 9.97. The average molecular weight is 288 g/mol. The molecule has 0 saturated carbocycles. The number of carboxylic acid groups (broad SMARTS) is 1. The number of carbonyl (C=O) groups is 1. The van der Waals surface area contributed by atoms with Gasteiger partial charge < -0.3 is 0 Å². The van der Waals surface area contributed by atoms with Crippen LogP contribution in [-0.4, -0.2) is 34.9 Å². The summed E-state index contributed by atoms with van der Waals surface area (Å²) in [6.07, 6.45) is 0. The Bertz CT molecular complexity index is 333. The van der Waals surface area contributed by atoms with Crippen LogP contribution in [0.5, 0.6) is 0 Å². The molecule has 0 radical (unpaired) electrons. The molecule has 5 heteroatoms. The fourth-order valence-corrected chi connectivity index (χ4v) is 15.3. The first-order valence-corrected chi connectivity index (χ1v) is 11.6. The summed E-state index contributed by atoms with van der Waals surface area (Å²) in [5.74, 6) is 1.67. The summed E-state index contributed by atoms with van der Waals surface area (Å²) in [7, 11) is 4.14. The summed E-state index contributed by atoms with van der Waals surface area (Å²) < 4.78 is 1.37. The van der Waals surface area contributed by atoms with E-state index < -0.39 is 18.3 Å². The Labute approximate surface area is 93.7 Å². The van der Waals surface area contributed by atoms with Crippen molar-refractivity contribution < 1.29 is 9.90 Å². The van der Waals surface area contributed by atoms with Crippen LogP contribution in [0.4, 0.5) is 0 Å². The molecule has 1 aromatic rings. The van der Waals surface area contributed by atoms with Gasteiger partial charge in [0, 0.05) is 0 Å². The van der Waals surface area contributed by atoms with Crippen LogP contribution < -0.4 is 4.35 Å². The van der Waals surface area contributed by atoms with Gasteiger partial charge in [0.25, 0.3) is 0 Å². The molecule has 2 rings (SSSR count). The number of carboxylic acids is 1. The second-order valence-electron chi connectivity index (χ2n) is 2.78. The van der Waals surface area contributed by atoms with Crippen molar-refractivity contribution in [3.8, 4) is 0 Å². The molecule has 1 saturated heterocycles. The molecule has 2 nitrogen and oxygen atoms in total. The van der Waals surface area contributed by atoms with Crippen molar-refractivity contribution in [3.63, 3.8) is 0 Å². The van der Waals surface area contributed by atoms with E-state index in [9.17, 15) is 4.79 Å². The first-order chi connectivity index (χ1) is 6.77. The molecule has 1 aromatic carbocycles. The van der Waals surface area contributed by atoms with Gasteiger partial charge in [-0.1, -0.05) is 0 Å². The summed E-state index contributed by atoms with van der Waals surface area (Å²) in [4.78, 5) is 10.6. The molecule has 0 unspecified atom stereocenters. The Hall–Kier alpha value is -0.0516. The minimum atomic E-state index is -0.918. The van der Waals surface area contributed by atoms with Crippen LogP contribution in [-0.2, 0) is 0 Å². The minimum absolute atomic E-state index is 0.386. The van der Waals surface area contributed by atoms with Gasteiger partial charge in [-0.25, -0.2) is 0 Å². The Balaban J connectivity index is 2.16. The van der Waals surface area contributed by atoms with Gasteiger partial charge >= 0.3 is 93.9 Å². The van der Waals surface area contributed by atoms with Gasteiger partial charge in [-0.3, -0.25) is 0 Å². The van der Waals surface area contributed by atoms with E-state index in [2.05, 4.69) is 20.0 Å². The Morgan fingerprint density at radius 1 is 1.21 bits per heavy atom. The fourth-order valence-electron chi connectivity index (χ4n) is 1.15. The number of aromatic carboxylic acids is 1. The quantitative estimate of drug-likeness (QED) is 0.838. The van der Waals surface area contributed by atoms with Crippen molar-refractivity contribution in [1.29, 1.82) is 0 Å². The van der Waals surface area contributed by atoms with E-state index in [1.807, 2.05) is 12.1 Å². The molecular formula is C9H9AsO2S2. The van der Waals surface area contributed by atoms with E-state index in [4.69, 9.17) is 5.11 Å². The molecule has 1 N–H and O–H groups in total. The SMILES string of the molecule is O=C(O)c1ccc([As]2SCCS2)cc1. The van der Waals surface area contributed by atoms with Gasteiger partial charge in [0.15, 0.2) is 0 Å². The van der Waals surface area contributed by atoms with Crippen LogP contribution in [0.25, 0.3) is 0 Å². The molecular weight excluding hydrogens is 279 g/mol. The fraction of sp³-hybridized carbons (Fsp3) is 0.222. The molecule has 0 aromatic heterocycles. The second-order valence-corrected chi connectivity index (χ2v) is 14.5. The Morgan fingerprint density at radius 2 is 1.79 bits per heavy atom. The van der Waals surface area contributed by atoms with Gasteiger partial charge in [-0.2, -0.15) is 0 Å². The molecule has 0 aliphatic carbocycles. The molecule has 0 atom stereocenters. The van der Waals surface area contributed by atoms with Gasteiger partial charge in [-0.15, -0.1) is 0 Å². The van der Waals surface area contributed by atoms with Crippen molar-refractivity contribution in [2.75, 3.05) is 11.5 Å². The first kappa shape index (κ1) is 10.5. The standard InChI is InChI=1S/C9H9AsO2S2/c11-9(12)7-1-3-8(4-2-7)10-13-5-6-14-10/h1-4H,5-6H2,(H,11,12). The van der Waals surface area contributed by atoms with Crippen molar-refractivity contribution in [2.24, 2.45) is 0 Å². The number of benzene rings is 1. The number of hydrogen-bond donors (Lipinski definition) is 1. The number of hydrogen-bond acceptors (Lipinski definition) is 3. The molecule has 1 aliphatic rings. The predicted octanol–water partition coefficient (Wildman–Crippen LogP) is 1.56. The maximum atomic E-state index is 10.6. The van der Waals surface area contributed by atoms with Crippen molar-refractivity contribution in [2.45, 2.75) is 0 Å². The van der Waals surface area contributed by atoms with Gasteiger partial charge in [0.05, 0.1) is 0 Å². The van der Waals surface area contributed by atoms with E-state index in [1.165, 1.54) is 15.9 Å². The van der Waals surface area contributed by atoms with E-state index in [0.717, 1.165) is 0 Å². The summed E-state index contributed by atoms with van der Waals surface area (Å²) in [6.45, 7) is 0. The molecule has 0 amide bonds. The molecule has 1 heterocycles. The Kier molecular flexibility index (Phi) is 3.47. The molecule has 74 valence electrons. The number of rotatable bonds is 2. The summed E-state index contributed by atoms with van der Waals surface area (Å²) in [5.41, 5.74) is 0.386. The van der Waals surface area contributed by atoms with E-state index >= 15 is 0 Å². The third-order valence-corrected chi connectivity index (χ3v) is 15.6. The first-order valence-electron chi connectivity index (χ1n) is 4.17. The van der Waals surface area contributed by atoms with Crippen LogP contribution in [0.1, 0.15) is 10.4 Å². The normalized spacial score (nSPS) is 17.1. The van der Waals surface area contributed by atoms with Crippen LogP contribution in [0.15, 0.2) is 24.3 Å². The molecule has 1 fully saturated rings. The van der Waals surface area contributed by atoms with Crippen LogP contribution in [0.3, 0.4) is 0 Å². The summed E-state index contributed by atoms with van der Waals surface area (Å²) in [5, 5.41) is 8.74. The van der Waals surface area contributed by atoms with Crippen LogP contribution >= 0.6 is 20.0 Å². The molecule has 1 aliphatic heterocycles. The van der Waals surface area contributed by atoms with E-state index in [0.29, 0.717) is 5.56 Å². The summed E-state index contributed by atoms with van der Waals surface area (Å²) >= 11 is -0.918. The van der Waals surface area contributed by atoms with Gasteiger partial charge in [-0.05, 0) is 0 Å². The van der Waals surface area contributed by atoms with Crippen LogP contribution in [0, 0.1) is 0 Å². The third kappa shape index (κ3) is 2.30. The molecule has 0 spiro atoms. The van der Waals surface area contributed by atoms with Crippen molar-refractivity contribution in [3.05, 3.63) is 29.8 Å². The predicted molar refractivity (Wildman–Crippen MR) is 63.7 cm³/mol. The van der Waals surface area contributed by atoms with E-state index in [1.54, 1.807) is 12.1 Å². The van der Waals surface area contributed by atoms with Gasteiger partial charge in [0.1, 0.15) is 0 Å². The van der Waals surface area contributed by atoms with Crippen LogP contribution in [0.2, 0.25) is 0 Å². The second kappa shape index (κ2) is 4.65. The molecule has 14 heavy (non-hydrogen) atoms. The average Bonchev–Trinajstić information content (AvgIpc) is 2.71. The Morgan fingerprint density at radius 3 is 2.29 bits per heavy atom.